The first-order valence-electron chi connectivity index (χ1n) is 9.19. The molecular weight excluding hydrogens is 403 g/mol. The highest BCUT2D eigenvalue weighted by atomic mass is 32.1. The van der Waals surface area contributed by atoms with E-state index in [9.17, 15) is 9.18 Å². The zero-order chi connectivity index (χ0) is 21.3. The topological polar surface area (TPSA) is 74.4 Å². The van der Waals surface area contributed by atoms with Crippen LogP contribution in [0.2, 0.25) is 0 Å². The maximum absolute atomic E-state index is 13.1. The fraction of sp³-hybridized carbons (Fsp3) is 0.130. The molecule has 4 rings (SSSR count). The van der Waals surface area contributed by atoms with Crippen LogP contribution in [0, 0.1) is 5.82 Å². The van der Waals surface area contributed by atoms with Crippen molar-refractivity contribution >= 4 is 33.0 Å². The molecule has 0 unspecified atom stereocenters. The highest BCUT2D eigenvalue weighted by molar-refractivity contribution is 7.21. The molecule has 0 radical (unpaired) electrons. The van der Waals surface area contributed by atoms with Gasteiger partial charge in [-0.2, -0.15) is 0 Å². The van der Waals surface area contributed by atoms with Crippen molar-refractivity contribution in [2.75, 3.05) is 20.0 Å². The van der Waals surface area contributed by atoms with Gasteiger partial charge in [-0.3, -0.25) is 4.79 Å². The van der Waals surface area contributed by atoms with Gasteiger partial charge in [-0.05, 0) is 48.0 Å². The first-order valence-corrected chi connectivity index (χ1v) is 10.0. The van der Waals surface area contributed by atoms with Crippen LogP contribution in [0.25, 0.3) is 21.5 Å². The summed E-state index contributed by atoms with van der Waals surface area (Å²) in [4.78, 5) is 18.6. The van der Waals surface area contributed by atoms with E-state index in [1.54, 1.807) is 26.4 Å². The molecule has 7 heteroatoms. The lowest BCUT2D eigenvalue weighted by Crippen LogP contribution is -2.04. The van der Waals surface area contributed by atoms with Crippen LogP contribution >= 0.6 is 11.3 Å². The summed E-state index contributed by atoms with van der Waals surface area (Å²) in [7, 11) is 3.16. The molecule has 5 nitrogen and oxygen atoms in total. The van der Waals surface area contributed by atoms with Gasteiger partial charge in [0.25, 0.3) is 0 Å². The molecule has 0 spiro atoms. The molecule has 0 atom stereocenters. The molecule has 2 heterocycles. The van der Waals surface area contributed by atoms with Crippen LogP contribution in [-0.2, 0) is 6.42 Å². The van der Waals surface area contributed by atoms with Gasteiger partial charge in [0.1, 0.15) is 10.6 Å². The third-order valence-electron chi connectivity index (χ3n) is 4.80. The zero-order valence-electron chi connectivity index (χ0n) is 16.4. The Kier molecular flexibility index (Phi) is 5.37. The number of benzene rings is 2. The van der Waals surface area contributed by atoms with Gasteiger partial charge in [0.2, 0.25) is 0 Å². The molecule has 4 aromatic rings. The maximum Gasteiger partial charge on any atom is 0.179 e. The number of carbonyl (C=O) groups excluding carboxylic acids is 1. The van der Waals surface area contributed by atoms with Gasteiger partial charge in [0.05, 0.1) is 30.5 Å². The number of ketones is 1. The van der Waals surface area contributed by atoms with E-state index < -0.39 is 0 Å². The molecule has 0 aliphatic carbocycles. The van der Waals surface area contributed by atoms with E-state index >= 15 is 0 Å². The third kappa shape index (κ3) is 3.71. The van der Waals surface area contributed by atoms with Crippen molar-refractivity contribution in [2.45, 2.75) is 6.42 Å². The standard InChI is InChI=1S/C23H19FN2O3S/c1-28-19-10-5-14(12-20(19)29-2)17-9-8-16-21(25)22(30-23(16)26-17)18(27)11-13-3-6-15(24)7-4-13/h3-10,12H,11,25H2,1-2H3. The van der Waals surface area contributed by atoms with Crippen LogP contribution < -0.4 is 15.2 Å². The molecule has 2 aromatic heterocycles. The van der Waals surface area contributed by atoms with Gasteiger partial charge in [0.15, 0.2) is 17.3 Å². The van der Waals surface area contributed by atoms with Gasteiger partial charge in [-0.1, -0.05) is 12.1 Å². The van der Waals surface area contributed by atoms with Gasteiger partial charge in [0, 0.05) is 17.4 Å². The highest BCUT2D eigenvalue weighted by Crippen LogP contribution is 2.36. The number of anilines is 1. The SMILES string of the molecule is COc1ccc(-c2ccc3c(N)c(C(=O)Cc4ccc(F)cc4)sc3n2)cc1OC. The summed E-state index contributed by atoms with van der Waals surface area (Å²) in [6, 6.07) is 15.2. The van der Waals surface area contributed by atoms with Crippen LogP contribution in [0.1, 0.15) is 15.2 Å². The number of nitrogen functional groups attached to an aromatic ring is 1. The predicted octanol–water partition coefficient (Wildman–Crippen LogP) is 5.13. The number of fused-ring (bicyclic) bond motifs is 1. The summed E-state index contributed by atoms with van der Waals surface area (Å²) in [5, 5.41) is 0.742. The van der Waals surface area contributed by atoms with E-state index in [4.69, 9.17) is 20.2 Å². The highest BCUT2D eigenvalue weighted by Gasteiger charge is 2.18. The number of hydrogen-bond donors (Lipinski definition) is 1. The lowest BCUT2D eigenvalue weighted by molar-refractivity contribution is 0.0997. The fourth-order valence-electron chi connectivity index (χ4n) is 3.23. The Morgan fingerprint density at radius 2 is 1.77 bits per heavy atom. The molecule has 0 saturated heterocycles. The quantitative estimate of drug-likeness (QED) is 0.436. The second kappa shape index (κ2) is 8.12. The van der Waals surface area contributed by atoms with E-state index in [0.29, 0.717) is 26.9 Å². The average molecular weight is 422 g/mol. The Labute approximate surface area is 176 Å². The number of thiophene rings is 1. The van der Waals surface area contributed by atoms with Crippen molar-refractivity contribution in [3.05, 3.63) is 70.9 Å². The van der Waals surface area contributed by atoms with Gasteiger partial charge in [-0.15, -0.1) is 11.3 Å². The summed E-state index contributed by atoms with van der Waals surface area (Å²) in [5.74, 6) is 0.795. The average Bonchev–Trinajstić information content (AvgIpc) is 3.10. The Morgan fingerprint density at radius 3 is 2.47 bits per heavy atom. The van der Waals surface area contributed by atoms with Crippen molar-refractivity contribution in [1.29, 1.82) is 0 Å². The van der Waals surface area contributed by atoms with E-state index in [2.05, 4.69) is 0 Å². The number of Topliss-reactive ketones (excluding diaryl/α,β-unsaturated/α-hetero) is 1. The van der Waals surface area contributed by atoms with Gasteiger partial charge >= 0.3 is 0 Å². The Hall–Kier alpha value is -3.45. The van der Waals surface area contributed by atoms with Gasteiger partial charge < -0.3 is 15.2 Å². The molecule has 0 saturated carbocycles. The maximum atomic E-state index is 13.1. The van der Waals surface area contributed by atoms with Crippen LogP contribution in [-0.4, -0.2) is 25.0 Å². The lowest BCUT2D eigenvalue weighted by atomic mass is 10.1. The minimum atomic E-state index is -0.334. The number of ether oxygens (including phenoxy) is 2. The van der Waals surface area contributed by atoms with Gasteiger partial charge in [-0.25, -0.2) is 9.37 Å². The summed E-state index contributed by atoms with van der Waals surface area (Å²) in [6.45, 7) is 0. The molecule has 0 amide bonds. The Bertz CT molecular complexity index is 1240. The van der Waals surface area contributed by atoms with E-state index in [0.717, 1.165) is 22.2 Å². The number of methoxy groups -OCH3 is 2. The van der Waals surface area contributed by atoms with Crippen LogP contribution in [0.4, 0.5) is 10.1 Å². The van der Waals surface area contributed by atoms with Crippen LogP contribution in [0.15, 0.2) is 54.6 Å². The summed E-state index contributed by atoms with van der Waals surface area (Å²) >= 11 is 1.27. The normalized spacial score (nSPS) is 10.9. The second-order valence-corrected chi connectivity index (χ2v) is 7.69. The lowest BCUT2D eigenvalue weighted by Gasteiger charge is -2.09. The number of hydrogen-bond acceptors (Lipinski definition) is 6. The first kappa shape index (κ1) is 19.8. The number of aromatic nitrogens is 1. The monoisotopic (exact) mass is 422 g/mol. The van der Waals surface area contributed by atoms with E-state index in [1.165, 1.54) is 23.5 Å². The summed E-state index contributed by atoms with van der Waals surface area (Å²) in [5.41, 5.74) is 9.00. The number of carbonyl (C=O) groups is 1. The predicted molar refractivity (Wildman–Crippen MR) is 117 cm³/mol. The van der Waals surface area contributed by atoms with Crippen molar-refractivity contribution in [1.82, 2.24) is 4.98 Å². The Morgan fingerprint density at radius 1 is 1.03 bits per heavy atom. The zero-order valence-corrected chi connectivity index (χ0v) is 17.3. The number of halogens is 1. The molecule has 0 bridgehead atoms. The Balaban J connectivity index is 1.67. The van der Waals surface area contributed by atoms with Crippen molar-refractivity contribution < 1.29 is 18.7 Å². The minimum absolute atomic E-state index is 0.116. The number of pyridine rings is 1. The molecule has 0 aliphatic rings. The largest absolute Gasteiger partial charge is 0.493 e. The molecule has 2 aromatic carbocycles. The second-order valence-electron chi connectivity index (χ2n) is 6.69. The van der Waals surface area contributed by atoms with E-state index in [1.807, 2.05) is 30.3 Å². The fourth-order valence-corrected chi connectivity index (χ4v) is 4.26. The van der Waals surface area contributed by atoms with E-state index in [-0.39, 0.29) is 18.0 Å². The number of nitrogens with two attached hydrogens (primary N) is 1. The van der Waals surface area contributed by atoms with Crippen LogP contribution in [0.5, 0.6) is 11.5 Å². The molecule has 0 fully saturated rings. The summed E-state index contributed by atoms with van der Waals surface area (Å²) < 4.78 is 23.7. The molecule has 30 heavy (non-hydrogen) atoms. The van der Waals surface area contributed by atoms with Crippen molar-refractivity contribution in [3.63, 3.8) is 0 Å². The molecule has 2 N–H and O–H groups in total. The van der Waals surface area contributed by atoms with Crippen LogP contribution in [0.3, 0.4) is 0 Å². The van der Waals surface area contributed by atoms with Crippen molar-refractivity contribution in [2.24, 2.45) is 0 Å². The molecule has 152 valence electrons. The first-order chi connectivity index (χ1) is 14.5. The molecular formula is C23H19FN2O3S. The number of nitrogens with zero attached hydrogens (tertiary/aromatic N) is 1. The summed E-state index contributed by atoms with van der Waals surface area (Å²) in [6.07, 6.45) is 0.153. The smallest absolute Gasteiger partial charge is 0.179 e. The number of rotatable bonds is 6. The minimum Gasteiger partial charge on any atom is -0.493 e. The van der Waals surface area contributed by atoms with Crippen molar-refractivity contribution in [3.8, 4) is 22.8 Å². The molecule has 0 aliphatic heterocycles. The third-order valence-corrected chi connectivity index (χ3v) is 5.96.